The van der Waals surface area contributed by atoms with Crippen molar-refractivity contribution in [1.29, 1.82) is 0 Å². The van der Waals surface area contributed by atoms with E-state index in [0.29, 0.717) is 43.3 Å². The van der Waals surface area contributed by atoms with Gasteiger partial charge in [0.1, 0.15) is 11.6 Å². The Morgan fingerprint density at radius 1 is 1.10 bits per heavy atom. The first-order valence-corrected chi connectivity index (χ1v) is 10.3. The highest BCUT2D eigenvalue weighted by atomic mass is 19.1. The maximum Gasteiger partial charge on any atom is 0.228 e. The topological polar surface area (TPSA) is 75.9 Å². The molecule has 2 saturated heterocycles. The second-order valence-corrected chi connectivity index (χ2v) is 7.72. The molecule has 2 aromatic heterocycles. The molecule has 1 amide bonds. The molecule has 5 rings (SSSR count). The molecule has 0 aliphatic carbocycles. The maximum atomic E-state index is 13.7. The molecule has 0 bridgehead atoms. The second kappa shape index (κ2) is 7.98. The summed E-state index contributed by atoms with van der Waals surface area (Å²) in [5, 5.41) is 13.1. The number of aromatic nitrogens is 4. The molecule has 0 radical (unpaired) electrons. The summed E-state index contributed by atoms with van der Waals surface area (Å²) in [5.41, 5.74) is 1.23. The number of halogens is 1. The van der Waals surface area contributed by atoms with E-state index < -0.39 is 0 Å². The lowest BCUT2D eigenvalue weighted by molar-refractivity contribution is -0.135. The SMILES string of the molecule is O=C(C1CCOC1)N1CCCN(c2ccc3nnc(-c4cccc(F)c4)n3n2)CC1. The van der Waals surface area contributed by atoms with E-state index in [1.165, 1.54) is 12.1 Å². The van der Waals surface area contributed by atoms with Crippen molar-refractivity contribution in [3.8, 4) is 11.4 Å². The third kappa shape index (κ3) is 3.60. The standard InChI is InChI=1S/C21H23FN6O2/c22-17-4-1-3-15(13-17)20-24-23-18-5-6-19(25-28(18)20)26-8-2-9-27(11-10-26)21(29)16-7-12-30-14-16/h1,3-6,13,16H,2,7-12,14H2. The van der Waals surface area contributed by atoms with Gasteiger partial charge in [0, 0.05) is 38.3 Å². The van der Waals surface area contributed by atoms with Gasteiger partial charge in [0.15, 0.2) is 11.5 Å². The van der Waals surface area contributed by atoms with E-state index in [9.17, 15) is 9.18 Å². The maximum absolute atomic E-state index is 13.7. The first-order valence-electron chi connectivity index (χ1n) is 10.3. The van der Waals surface area contributed by atoms with Gasteiger partial charge in [-0.25, -0.2) is 4.39 Å². The van der Waals surface area contributed by atoms with Gasteiger partial charge in [0.2, 0.25) is 5.91 Å². The van der Waals surface area contributed by atoms with Crippen LogP contribution in [-0.4, -0.2) is 70.0 Å². The molecule has 1 atom stereocenters. The zero-order chi connectivity index (χ0) is 20.5. The van der Waals surface area contributed by atoms with Crippen molar-refractivity contribution in [2.45, 2.75) is 12.8 Å². The predicted molar refractivity (Wildman–Crippen MR) is 109 cm³/mol. The van der Waals surface area contributed by atoms with Crippen LogP contribution in [0.5, 0.6) is 0 Å². The van der Waals surface area contributed by atoms with E-state index in [2.05, 4.69) is 15.1 Å². The smallest absolute Gasteiger partial charge is 0.228 e. The Morgan fingerprint density at radius 2 is 2.03 bits per heavy atom. The van der Waals surface area contributed by atoms with Crippen LogP contribution >= 0.6 is 0 Å². The molecule has 8 nitrogen and oxygen atoms in total. The molecule has 3 aromatic rings. The Kier molecular flexibility index (Phi) is 5.04. The minimum atomic E-state index is -0.328. The highest BCUT2D eigenvalue weighted by Gasteiger charge is 2.29. The molecule has 0 N–H and O–H groups in total. The minimum Gasteiger partial charge on any atom is -0.381 e. The van der Waals surface area contributed by atoms with Crippen molar-refractivity contribution >= 4 is 17.4 Å². The highest BCUT2D eigenvalue weighted by molar-refractivity contribution is 5.79. The Hall–Kier alpha value is -3.07. The second-order valence-electron chi connectivity index (χ2n) is 7.72. The molecule has 156 valence electrons. The van der Waals surface area contributed by atoms with Gasteiger partial charge in [-0.15, -0.1) is 15.3 Å². The Morgan fingerprint density at radius 3 is 2.87 bits per heavy atom. The van der Waals surface area contributed by atoms with E-state index in [4.69, 9.17) is 9.84 Å². The fourth-order valence-corrected chi connectivity index (χ4v) is 4.11. The van der Waals surface area contributed by atoms with Crippen molar-refractivity contribution < 1.29 is 13.9 Å². The van der Waals surface area contributed by atoms with Gasteiger partial charge in [-0.05, 0) is 37.1 Å². The van der Waals surface area contributed by atoms with Crippen LogP contribution < -0.4 is 4.90 Å². The number of hydrogen-bond donors (Lipinski definition) is 0. The predicted octanol–water partition coefficient (Wildman–Crippen LogP) is 2.01. The Balaban J connectivity index is 1.37. The van der Waals surface area contributed by atoms with E-state index in [-0.39, 0.29) is 17.6 Å². The van der Waals surface area contributed by atoms with Crippen LogP contribution in [0.25, 0.3) is 17.0 Å². The van der Waals surface area contributed by atoms with E-state index in [0.717, 1.165) is 31.7 Å². The molecule has 2 aliphatic heterocycles. The van der Waals surface area contributed by atoms with E-state index in [1.54, 1.807) is 16.6 Å². The quantitative estimate of drug-likeness (QED) is 0.658. The normalized spacial score (nSPS) is 20.0. The molecule has 30 heavy (non-hydrogen) atoms. The summed E-state index contributed by atoms with van der Waals surface area (Å²) in [6, 6.07) is 10.0. The molecule has 9 heteroatoms. The summed E-state index contributed by atoms with van der Waals surface area (Å²) in [5.74, 6) is 1.16. The van der Waals surface area contributed by atoms with Gasteiger partial charge in [0.05, 0.1) is 12.5 Å². The molecule has 0 spiro atoms. The number of anilines is 1. The number of carbonyl (C=O) groups is 1. The number of amides is 1. The summed E-state index contributed by atoms with van der Waals surface area (Å²) in [4.78, 5) is 16.9. The van der Waals surface area contributed by atoms with Crippen molar-refractivity contribution in [2.24, 2.45) is 5.92 Å². The zero-order valence-electron chi connectivity index (χ0n) is 16.6. The summed E-state index contributed by atoms with van der Waals surface area (Å²) in [6.07, 6.45) is 1.69. The first kappa shape index (κ1) is 18.9. The van der Waals surface area contributed by atoms with Crippen LogP contribution in [-0.2, 0) is 9.53 Å². The molecular weight excluding hydrogens is 387 g/mol. The lowest BCUT2D eigenvalue weighted by Gasteiger charge is -2.24. The average molecular weight is 410 g/mol. The van der Waals surface area contributed by atoms with Crippen molar-refractivity contribution in [2.75, 3.05) is 44.3 Å². The molecule has 4 heterocycles. The average Bonchev–Trinajstić information content (AvgIpc) is 3.38. The first-order chi connectivity index (χ1) is 14.7. The molecule has 2 aliphatic rings. The van der Waals surface area contributed by atoms with Gasteiger partial charge in [-0.3, -0.25) is 4.79 Å². The van der Waals surface area contributed by atoms with Gasteiger partial charge in [-0.1, -0.05) is 12.1 Å². The Bertz CT molecular complexity index is 1060. The molecule has 1 unspecified atom stereocenters. The van der Waals surface area contributed by atoms with Crippen LogP contribution in [0.2, 0.25) is 0 Å². The molecule has 2 fully saturated rings. The number of benzene rings is 1. The van der Waals surface area contributed by atoms with Gasteiger partial charge < -0.3 is 14.5 Å². The van der Waals surface area contributed by atoms with Crippen LogP contribution in [0.15, 0.2) is 36.4 Å². The third-order valence-corrected chi connectivity index (χ3v) is 5.74. The van der Waals surface area contributed by atoms with E-state index >= 15 is 0 Å². The molecule has 1 aromatic carbocycles. The lowest BCUT2D eigenvalue weighted by Crippen LogP contribution is -2.39. The molecular formula is C21H23FN6O2. The summed E-state index contributed by atoms with van der Waals surface area (Å²) >= 11 is 0. The number of ether oxygens (including phenoxy) is 1. The van der Waals surface area contributed by atoms with Crippen LogP contribution in [0.4, 0.5) is 10.2 Å². The van der Waals surface area contributed by atoms with Crippen LogP contribution in [0.3, 0.4) is 0 Å². The van der Waals surface area contributed by atoms with Gasteiger partial charge in [0.25, 0.3) is 0 Å². The number of hydrogen-bond acceptors (Lipinski definition) is 6. The summed E-state index contributed by atoms with van der Waals surface area (Å²) < 4.78 is 20.7. The fraction of sp³-hybridized carbons (Fsp3) is 0.429. The Labute approximate surface area is 173 Å². The fourth-order valence-electron chi connectivity index (χ4n) is 4.11. The lowest BCUT2D eigenvalue weighted by atomic mass is 10.1. The van der Waals surface area contributed by atoms with Crippen molar-refractivity contribution in [3.05, 3.63) is 42.2 Å². The van der Waals surface area contributed by atoms with Gasteiger partial charge >= 0.3 is 0 Å². The third-order valence-electron chi connectivity index (χ3n) is 5.74. The number of nitrogens with zero attached hydrogens (tertiary/aromatic N) is 6. The van der Waals surface area contributed by atoms with Crippen molar-refractivity contribution in [3.63, 3.8) is 0 Å². The number of fused-ring (bicyclic) bond motifs is 1. The largest absolute Gasteiger partial charge is 0.381 e. The van der Waals surface area contributed by atoms with Gasteiger partial charge in [-0.2, -0.15) is 4.52 Å². The highest BCUT2D eigenvalue weighted by Crippen LogP contribution is 2.22. The summed E-state index contributed by atoms with van der Waals surface area (Å²) in [7, 11) is 0. The number of carbonyl (C=O) groups excluding carboxylic acids is 1. The minimum absolute atomic E-state index is 0.00289. The van der Waals surface area contributed by atoms with Crippen LogP contribution in [0.1, 0.15) is 12.8 Å². The monoisotopic (exact) mass is 410 g/mol. The van der Waals surface area contributed by atoms with Crippen molar-refractivity contribution in [1.82, 2.24) is 24.7 Å². The van der Waals surface area contributed by atoms with Crippen LogP contribution in [0, 0.1) is 11.7 Å². The zero-order valence-corrected chi connectivity index (χ0v) is 16.6. The molecule has 0 saturated carbocycles. The van der Waals surface area contributed by atoms with E-state index in [1.807, 2.05) is 17.0 Å². The number of rotatable bonds is 3. The summed E-state index contributed by atoms with van der Waals surface area (Å²) in [6.45, 7) is 4.13.